The Morgan fingerprint density at radius 2 is 2.05 bits per heavy atom. The SMILES string of the molecule is Cc1ncc(CN(C)C(C)c2ccc(-n3cncn3)cc2)s1. The van der Waals surface area contributed by atoms with Crippen LogP contribution in [-0.4, -0.2) is 31.7 Å². The van der Waals surface area contributed by atoms with Crippen LogP contribution in [0.2, 0.25) is 0 Å². The molecule has 0 N–H and O–H groups in total. The van der Waals surface area contributed by atoms with Gasteiger partial charge in [0, 0.05) is 23.7 Å². The van der Waals surface area contributed by atoms with E-state index in [1.165, 1.54) is 10.4 Å². The lowest BCUT2D eigenvalue weighted by Crippen LogP contribution is -2.21. The second kappa shape index (κ2) is 6.37. The van der Waals surface area contributed by atoms with Crippen molar-refractivity contribution in [1.82, 2.24) is 24.6 Å². The van der Waals surface area contributed by atoms with E-state index in [9.17, 15) is 0 Å². The fourth-order valence-electron chi connectivity index (χ4n) is 2.36. The molecule has 22 heavy (non-hydrogen) atoms. The van der Waals surface area contributed by atoms with Crippen LogP contribution < -0.4 is 0 Å². The van der Waals surface area contributed by atoms with Crippen molar-refractivity contribution in [3.05, 3.63) is 58.6 Å². The smallest absolute Gasteiger partial charge is 0.138 e. The van der Waals surface area contributed by atoms with Crippen molar-refractivity contribution < 1.29 is 0 Å². The van der Waals surface area contributed by atoms with E-state index in [-0.39, 0.29) is 0 Å². The molecule has 0 radical (unpaired) electrons. The lowest BCUT2D eigenvalue weighted by molar-refractivity contribution is 0.255. The molecule has 0 bridgehead atoms. The van der Waals surface area contributed by atoms with E-state index in [4.69, 9.17) is 0 Å². The minimum Gasteiger partial charge on any atom is -0.295 e. The Balaban J connectivity index is 1.70. The Morgan fingerprint density at radius 1 is 1.27 bits per heavy atom. The van der Waals surface area contributed by atoms with Crippen LogP contribution in [0.15, 0.2) is 43.1 Å². The van der Waals surface area contributed by atoms with Gasteiger partial charge in [-0.15, -0.1) is 11.3 Å². The third-order valence-corrected chi connectivity index (χ3v) is 4.69. The molecule has 2 heterocycles. The van der Waals surface area contributed by atoms with Gasteiger partial charge in [0.2, 0.25) is 0 Å². The fraction of sp³-hybridized carbons (Fsp3) is 0.312. The highest BCUT2D eigenvalue weighted by atomic mass is 32.1. The summed E-state index contributed by atoms with van der Waals surface area (Å²) in [6, 6.07) is 8.79. The van der Waals surface area contributed by atoms with Crippen LogP contribution >= 0.6 is 11.3 Å². The molecule has 0 aliphatic carbocycles. The molecule has 0 aliphatic heterocycles. The zero-order valence-electron chi connectivity index (χ0n) is 13.0. The number of hydrogen-bond donors (Lipinski definition) is 0. The van der Waals surface area contributed by atoms with E-state index >= 15 is 0 Å². The number of thiazole rings is 1. The first-order valence-corrected chi connectivity index (χ1v) is 8.01. The van der Waals surface area contributed by atoms with E-state index in [2.05, 4.69) is 58.2 Å². The maximum atomic E-state index is 4.32. The molecule has 0 aliphatic rings. The van der Waals surface area contributed by atoms with Gasteiger partial charge in [0.25, 0.3) is 0 Å². The summed E-state index contributed by atoms with van der Waals surface area (Å²) >= 11 is 1.76. The molecule has 0 fully saturated rings. The number of benzene rings is 1. The minimum atomic E-state index is 0.340. The quantitative estimate of drug-likeness (QED) is 0.725. The van der Waals surface area contributed by atoms with Gasteiger partial charge in [0.15, 0.2) is 0 Å². The van der Waals surface area contributed by atoms with Gasteiger partial charge in [-0.1, -0.05) is 12.1 Å². The van der Waals surface area contributed by atoms with Crippen LogP contribution in [0.25, 0.3) is 5.69 Å². The van der Waals surface area contributed by atoms with Crippen LogP contribution in [0.1, 0.15) is 28.4 Å². The van der Waals surface area contributed by atoms with Crippen molar-refractivity contribution in [2.24, 2.45) is 0 Å². The summed E-state index contributed by atoms with van der Waals surface area (Å²) < 4.78 is 1.76. The lowest BCUT2D eigenvalue weighted by Gasteiger charge is -2.24. The first-order valence-electron chi connectivity index (χ1n) is 7.20. The Labute approximate surface area is 134 Å². The van der Waals surface area contributed by atoms with E-state index < -0.39 is 0 Å². The van der Waals surface area contributed by atoms with Gasteiger partial charge < -0.3 is 0 Å². The molecule has 0 spiro atoms. The standard InChI is InChI=1S/C16H19N5S/c1-12(20(3)9-16-8-18-13(2)22-16)14-4-6-15(7-5-14)21-11-17-10-19-21/h4-8,10-12H,9H2,1-3H3. The summed E-state index contributed by atoms with van der Waals surface area (Å²) in [6.45, 7) is 5.18. The number of hydrogen-bond acceptors (Lipinski definition) is 5. The Bertz CT molecular complexity index is 717. The summed E-state index contributed by atoms with van der Waals surface area (Å²) in [7, 11) is 2.14. The third kappa shape index (κ3) is 3.23. The maximum Gasteiger partial charge on any atom is 0.138 e. The monoisotopic (exact) mass is 313 g/mol. The van der Waals surface area contributed by atoms with Crippen LogP contribution in [-0.2, 0) is 6.54 Å². The number of aromatic nitrogens is 4. The molecule has 3 rings (SSSR count). The van der Waals surface area contributed by atoms with Crippen LogP contribution in [0.4, 0.5) is 0 Å². The van der Waals surface area contributed by atoms with Crippen molar-refractivity contribution in [3.63, 3.8) is 0 Å². The third-order valence-electron chi connectivity index (χ3n) is 3.79. The predicted octanol–water partition coefficient (Wildman–Crippen LogP) is 3.23. The summed E-state index contributed by atoms with van der Waals surface area (Å²) in [4.78, 5) is 11.9. The van der Waals surface area contributed by atoms with Crippen LogP contribution in [0, 0.1) is 6.92 Å². The predicted molar refractivity (Wildman–Crippen MR) is 88.1 cm³/mol. The Hall–Kier alpha value is -2.05. The van der Waals surface area contributed by atoms with Crippen molar-refractivity contribution in [2.75, 3.05) is 7.05 Å². The fourth-order valence-corrected chi connectivity index (χ4v) is 3.22. The molecule has 1 atom stereocenters. The molecule has 6 heteroatoms. The van der Waals surface area contributed by atoms with Crippen molar-refractivity contribution in [2.45, 2.75) is 26.4 Å². The van der Waals surface area contributed by atoms with Gasteiger partial charge in [0.1, 0.15) is 12.7 Å². The molecular weight excluding hydrogens is 294 g/mol. The van der Waals surface area contributed by atoms with Crippen LogP contribution in [0.5, 0.6) is 0 Å². The first kappa shape index (κ1) is 14.9. The molecule has 0 saturated heterocycles. The summed E-state index contributed by atoms with van der Waals surface area (Å²) in [6.07, 6.45) is 5.22. The van der Waals surface area contributed by atoms with Crippen molar-refractivity contribution in [3.8, 4) is 5.69 Å². The molecule has 2 aromatic heterocycles. The lowest BCUT2D eigenvalue weighted by atomic mass is 10.1. The van der Waals surface area contributed by atoms with Gasteiger partial charge in [-0.25, -0.2) is 14.6 Å². The number of nitrogens with zero attached hydrogens (tertiary/aromatic N) is 5. The zero-order valence-corrected chi connectivity index (χ0v) is 13.8. The van der Waals surface area contributed by atoms with Gasteiger partial charge in [-0.2, -0.15) is 5.10 Å². The van der Waals surface area contributed by atoms with Crippen molar-refractivity contribution in [1.29, 1.82) is 0 Å². The van der Waals surface area contributed by atoms with E-state index in [0.717, 1.165) is 17.2 Å². The number of rotatable bonds is 5. The number of aryl methyl sites for hydroxylation is 1. The highest BCUT2D eigenvalue weighted by molar-refractivity contribution is 7.11. The van der Waals surface area contributed by atoms with Gasteiger partial charge in [0.05, 0.1) is 10.7 Å². The molecule has 1 unspecified atom stereocenters. The summed E-state index contributed by atoms with van der Waals surface area (Å²) in [5.41, 5.74) is 2.31. The zero-order chi connectivity index (χ0) is 15.5. The van der Waals surface area contributed by atoms with Crippen LogP contribution in [0.3, 0.4) is 0 Å². The van der Waals surface area contributed by atoms with Gasteiger partial charge in [-0.05, 0) is 38.6 Å². The Morgan fingerprint density at radius 3 is 2.64 bits per heavy atom. The second-order valence-electron chi connectivity index (χ2n) is 5.37. The maximum absolute atomic E-state index is 4.32. The van der Waals surface area contributed by atoms with Crippen molar-refractivity contribution >= 4 is 11.3 Å². The molecule has 3 aromatic rings. The highest BCUT2D eigenvalue weighted by Crippen LogP contribution is 2.23. The molecule has 0 saturated carbocycles. The second-order valence-corrected chi connectivity index (χ2v) is 6.69. The van der Waals surface area contributed by atoms with Gasteiger partial charge >= 0.3 is 0 Å². The summed E-state index contributed by atoms with van der Waals surface area (Å²) in [5.74, 6) is 0. The molecular formula is C16H19N5S. The summed E-state index contributed by atoms with van der Waals surface area (Å²) in [5, 5.41) is 5.26. The van der Waals surface area contributed by atoms with Gasteiger partial charge in [-0.3, -0.25) is 4.90 Å². The normalized spacial score (nSPS) is 12.7. The topological polar surface area (TPSA) is 46.8 Å². The molecule has 1 aromatic carbocycles. The molecule has 0 amide bonds. The average Bonchev–Trinajstić information content (AvgIpc) is 3.18. The van der Waals surface area contributed by atoms with E-state index in [0.29, 0.717) is 6.04 Å². The Kier molecular flexibility index (Phi) is 4.31. The molecule has 114 valence electrons. The highest BCUT2D eigenvalue weighted by Gasteiger charge is 2.13. The van der Waals surface area contributed by atoms with E-state index in [1.807, 2.05) is 13.1 Å². The largest absolute Gasteiger partial charge is 0.295 e. The average molecular weight is 313 g/mol. The first-order chi connectivity index (χ1) is 10.6. The molecule has 5 nitrogen and oxygen atoms in total. The minimum absolute atomic E-state index is 0.340. The van der Waals surface area contributed by atoms with E-state index in [1.54, 1.807) is 28.7 Å².